The van der Waals surface area contributed by atoms with Crippen LogP contribution in [0.1, 0.15) is 40.5 Å². The maximum absolute atomic E-state index is 12.2. The number of hydrogen-bond donors (Lipinski definition) is 2. The van der Waals surface area contributed by atoms with Crippen molar-refractivity contribution in [3.05, 3.63) is 0 Å². The molecule has 0 rings (SSSR count). The summed E-state index contributed by atoms with van der Waals surface area (Å²) in [4.78, 5) is 13.9. The number of hydrogen-bond acceptors (Lipinski definition) is 3. The number of rotatable bonds is 7. The molecule has 0 fully saturated rings. The molecule has 0 aliphatic rings. The Kier molecular flexibility index (Phi) is 7.34. The van der Waals surface area contributed by atoms with E-state index in [1.807, 2.05) is 27.7 Å². The maximum atomic E-state index is 12.2. The molecular weight excluding hydrogens is 218 g/mol. The van der Waals surface area contributed by atoms with E-state index in [0.29, 0.717) is 13.1 Å². The van der Waals surface area contributed by atoms with Crippen LogP contribution in [0.25, 0.3) is 0 Å². The van der Waals surface area contributed by atoms with E-state index in [9.17, 15) is 4.79 Å². The Hall–Kier alpha value is -1.26. The van der Waals surface area contributed by atoms with E-state index in [1.165, 1.54) is 0 Å². The van der Waals surface area contributed by atoms with Gasteiger partial charge in [0.05, 0.1) is 0 Å². The lowest BCUT2D eigenvalue weighted by atomic mass is 10.0. The quantitative estimate of drug-likeness (QED) is 0.309. The summed E-state index contributed by atoms with van der Waals surface area (Å²) in [6.45, 7) is 8.98. The van der Waals surface area contributed by atoms with Gasteiger partial charge in [-0.3, -0.25) is 4.79 Å². The maximum Gasteiger partial charge on any atom is 0.225 e. The minimum Gasteiger partial charge on any atom is -0.409 e. The van der Waals surface area contributed by atoms with Crippen molar-refractivity contribution >= 4 is 11.7 Å². The summed E-state index contributed by atoms with van der Waals surface area (Å²) < 4.78 is 0. The van der Waals surface area contributed by atoms with Crippen LogP contribution in [0.15, 0.2) is 5.16 Å². The fraction of sp³-hybridized carbons (Fsp3) is 0.833. The van der Waals surface area contributed by atoms with Crippen LogP contribution < -0.4 is 5.73 Å². The summed E-state index contributed by atoms with van der Waals surface area (Å²) in [5.41, 5.74) is 5.52. The summed E-state index contributed by atoms with van der Waals surface area (Å²) in [7, 11) is 0. The van der Waals surface area contributed by atoms with E-state index < -0.39 is 0 Å². The molecule has 1 amide bonds. The number of oxime groups is 1. The summed E-state index contributed by atoms with van der Waals surface area (Å²) in [6, 6.07) is 0. The minimum atomic E-state index is -0.127. The van der Waals surface area contributed by atoms with Gasteiger partial charge in [-0.1, -0.05) is 25.9 Å². The van der Waals surface area contributed by atoms with Crippen LogP contribution >= 0.6 is 0 Å². The third kappa shape index (κ3) is 4.63. The Morgan fingerprint density at radius 1 is 1.35 bits per heavy atom. The van der Waals surface area contributed by atoms with Crippen LogP contribution in [0.2, 0.25) is 0 Å². The number of amides is 1. The van der Waals surface area contributed by atoms with Crippen LogP contribution in [0, 0.1) is 11.8 Å². The zero-order chi connectivity index (χ0) is 13.4. The van der Waals surface area contributed by atoms with Crippen molar-refractivity contribution in [1.29, 1.82) is 0 Å². The number of carbonyl (C=O) groups is 1. The van der Waals surface area contributed by atoms with Crippen molar-refractivity contribution in [2.24, 2.45) is 22.7 Å². The molecule has 17 heavy (non-hydrogen) atoms. The second-order valence-electron chi connectivity index (χ2n) is 4.32. The monoisotopic (exact) mass is 243 g/mol. The molecule has 0 aliphatic carbocycles. The highest BCUT2D eigenvalue weighted by Gasteiger charge is 2.22. The summed E-state index contributed by atoms with van der Waals surface area (Å²) in [6.07, 6.45) is 1.70. The Labute approximate surface area is 104 Å². The van der Waals surface area contributed by atoms with Gasteiger partial charge in [0.25, 0.3) is 0 Å². The van der Waals surface area contributed by atoms with Gasteiger partial charge in [-0.05, 0) is 19.8 Å². The van der Waals surface area contributed by atoms with Crippen molar-refractivity contribution in [3.8, 4) is 0 Å². The number of nitrogens with zero attached hydrogens (tertiary/aromatic N) is 2. The zero-order valence-electron chi connectivity index (χ0n) is 11.3. The Balaban J connectivity index is 4.57. The molecular formula is C12H25N3O2. The first-order chi connectivity index (χ1) is 8.01. The van der Waals surface area contributed by atoms with E-state index in [0.717, 1.165) is 12.8 Å². The molecule has 3 N–H and O–H groups in total. The Morgan fingerprint density at radius 2 is 1.88 bits per heavy atom. The fourth-order valence-electron chi connectivity index (χ4n) is 1.79. The van der Waals surface area contributed by atoms with E-state index in [-0.39, 0.29) is 23.6 Å². The second-order valence-corrected chi connectivity index (χ2v) is 4.32. The summed E-state index contributed by atoms with van der Waals surface area (Å²) >= 11 is 0. The van der Waals surface area contributed by atoms with Crippen LogP contribution in [0.3, 0.4) is 0 Å². The first-order valence-electron chi connectivity index (χ1n) is 6.27. The Bertz CT molecular complexity index is 262. The molecule has 0 heterocycles. The molecule has 0 saturated heterocycles. The van der Waals surface area contributed by atoms with Gasteiger partial charge in [0.2, 0.25) is 5.91 Å². The van der Waals surface area contributed by atoms with Crippen molar-refractivity contribution in [2.75, 3.05) is 13.1 Å². The van der Waals surface area contributed by atoms with Crippen molar-refractivity contribution < 1.29 is 10.0 Å². The highest BCUT2D eigenvalue weighted by molar-refractivity contribution is 5.83. The lowest BCUT2D eigenvalue weighted by Crippen LogP contribution is -2.41. The van der Waals surface area contributed by atoms with Gasteiger partial charge in [0, 0.05) is 24.9 Å². The predicted molar refractivity (Wildman–Crippen MR) is 68.9 cm³/mol. The average Bonchev–Trinajstić information content (AvgIpc) is 2.35. The molecule has 100 valence electrons. The van der Waals surface area contributed by atoms with E-state index >= 15 is 0 Å². The van der Waals surface area contributed by atoms with Gasteiger partial charge in [-0.2, -0.15) is 0 Å². The topological polar surface area (TPSA) is 78.9 Å². The average molecular weight is 243 g/mol. The highest BCUT2D eigenvalue weighted by Crippen LogP contribution is 2.13. The largest absolute Gasteiger partial charge is 0.409 e. The lowest BCUT2D eigenvalue weighted by molar-refractivity contribution is -0.135. The van der Waals surface area contributed by atoms with Gasteiger partial charge in [0.1, 0.15) is 5.84 Å². The van der Waals surface area contributed by atoms with Crippen molar-refractivity contribution in [3.63, 3.8) is 0 Å². The molecule has 0 bridgehead atoms. The summed E-state index contributed by atoms with van der Waals surface area (Å²) in [5.74, 6) is 0.281. The van der Waals surface area contributed by atoms with Crippen molar-refractivity contribution in [1.82, 2.24) is 4.90 Å². The first kappa shape index (κ1) is 15.7. The molecule has 0 aromatic heterocycles. The molecule has 0 radical (unpaired) electrons. The third-order valence-corrected chi connectivity index (χ3v) is 3.14. The fourth-order valence-corrected chi connectivity index (χ4v) is 1.79. The molecule has 1 unspecified atom stereocenters. The highest BCUT2D eigenvalue weighted by atomic mass is 16.4. The molecule has 0 spiro atoms. The van der Waals surface area contributed by atoms with E-state index in [2.05, 4.69) is 5.16 Å². The lowest BCUT2D eigenvalue weighted by Gasteiger charge is -2.27. The Morgan fingerprint density at radius 3 is 2.24 bits per heavy atom. The van der Waals surface area contributed by atoms with Crippen LogP contribution in [0.4, 0.5) is 0 Å². The van der Waals surface area contributed by atoms with Crippen molar-refractivity contribution in [2.45, 2.75) is 40.5 Å². The van der Waals surface area contributed by atoms with Gasteiger partial charge in [-0.15, -0.1) is 0 Å². The first-order valence-corrected chi connectivity index (χ1v) is 6.27. The predicted octanol–water partition coefficient (Wildman–Crippen LogP) is 1.65. The minimum absolute atomic E-state index is 0.0782. The molecule has 0 saturated carbocycles. The number of carbonyl (C=O) groups excluding carboxylic acids is 1. The normalized spacial score (nSPS) is 13.8. The third-order valence-electron chi connectivity index (χ3n) is 3.14. The molecule has 0 aromatic carbocycles. The van der Waals surface area contributed by atoms with Gasteiger partial charge >= 0.3 is 0 Å². The van der Waals surface area contributed by atoms with Gasteiger partial charge in [-0.25, -0.2) is 0 Å². The number of amidine groups is 1. The molecule has 0 aliphatic heterocycles. The summed E-state index contributed by atoms with van der Waals surface area (Å²) in [5, 5.41) is 11.6. The van der Waals surface area contributed by atoms with Crippen LogP contribution in [-0.4, -0.2) is 34.9 Å². The second kappa shape index (κ2) is 7.92. The SMILES string of the molecule is CCC(CC)C(=O)N(CC)CC(C)/C(N)=N/O. The smallest absolute Gasteiger partial charge is 0.225 e. The van der Waals surface area contributed by atoms with Crippen LogP contribution in [-0.2, 0) is 4.79 Å². The molecule has 5 heteroatoms. The molecule has 5 nitrogen and oxygen atoms in total. The van der Waals surface area contributed by atoms with Gasteiger partial charge in [0.15, 0.2) is 0 Å². The van der Waals surface area contributed by atoms with Gasteiger partial charge < -0.3 is 15.8 Å². The zero-order valence-corrected chi connectivity index (χ0v) is 11.3. The molecule has 1 atom stereocenters. The van der Waals surface area contributed by atoms with E-state index in [4.69, 9.17) is 10.9 Å². The number of nitrogens with two attached hydrogens (primary N) is 1. The van der Waals surface area contributed by atoms with E-state index in [1.54, 1.807) is 4.90 Å². The standard InChI is InChI=1S/C12H25N3O2/c1-5-10(6-2)12(16)15(7-3)8-9(4)11(13)14-17/h9-10,17H,5-8H2,1-4H3,(H2,13,14). The molecule has 0 aromatic rings. The van der Waals surface area contributed by atoms with Crippen LogP contribution in [0.5, 0.6) is 0 Å².